The number of aryl methyl sites for hydroxylation is 2. The third-order valence-electron chi connectivity index (χ3n) is 4.86. The zero-order chi connectivity index (χ0) is 17.3. The Kier molecular flexibility index (Phi) is 4.66. The minimum absolute atomic E-state index is 0.0313. The summed E-state index contributed by atoms with van der Waals surface area (Å²) in [6.45, 7) is 7.31. The molecule has 1 fully saturated rings. The quantitative estimate of drug-likeness (QED) is 0.936. The van der Waals surface area contributed by atoms with E-state index >= 15 is 0 Å². The van der Waals surface area contributed by atoms with Gasteiger partial charge >= 0.3 is 0 Å². The SMILES string of the molecule is Cc1ccc(-n2cc(C)nn2)c(C(=O)N2CCC[C@@H](C)[C@H]2CN)c1. The molecule has 0 unspecified atom stereocenters. The predicted octanol–water partition coefficient (Wildman–Crippen LogP) is 2.08. The lowest BCUT2D eigenvalue weighted by Crippen LogP contribution is -2.51. The molecule has 1 aliphatic rings. The second-order valence-electron chi connectivity index (χ2n) is 6.75. The first-order valence-electron chi connectivity index (χ1n) is 8.52. The number of nitrogens with zero attached hydrogens (tertiary/aromatic N) is 4. The van der Waals surface area contributed by atoms with Crippen molar-refractivity contribution in [2.24, 2.45) is 11.7 Å². The molecule has 24 heavy (non-hydrogen) atoms. The monoisotopic (exact) mass is 327 g/mol. The molecule has 2 heterocycles. The number of nitrogens with two attached hydrogens (primary N) is 1. The van der Waals surface area contributed by atoms with E-state index in [-0.39, 0.29) is 11.9 Å². The number of carbonyl (C=O) groups excluding carboxylic acids is 1. The third kappa shape index (κ3) is 3.06. The zero-order valence-electron chi connectivity index (χ0n) is 14.6. The van der Waals surface area contributed by atoms with E-state index in [1.807, 2.05) is 43.1 Å². The number of hydrogen-bond acceptors (Lipinski definition) is 4. The van der Waals surface area contributed by atoms with Crippen LogP contribution in [0.4, 0.5) is 0 Å². The van der Waals surface area contributed by atoms with Crippen molar-refractivity contribution in [1.82, 2.24) is 19.9 Å². The zero-order valence-corrected chi connectivity index (χ0v) is 14.6. The summed E-state index contributed by atoms with van der Waals surface area (Å²) in [6.07, 6.45) is 3.97. The lowest BCUT2D eigenvalue weighted by atomic mass is 9.90. The van der Waals surface area contributed by atoms with E-state index in [1.165, 1.54) is 0 Å². The molecular formula is C18H25N5O. The summed E-state index contributed by atoms with van der Waals surface area (Å²) in [5.74, 6) is 0.457. The van der Waals surface area contributed by atoms with E-state index in [0.29, 0.717) is 18.0 Å². The van der Waals surface area contributed by atoms with Gasteiger partial charge in [0, 0.05) is 19.1 Å². The molecule has 3 rings (SSSR count). The fourth-order valence-corrected chi connectivity index (χ4v) is 3.50. The molecule has 2 atom stereocenters. The van der Waals surface area contributed by atoms with Gasteiger partial charge in [-0.1, -0.05) is 23.8 Å². The Hall–Kier alpha value is -2.21. The van der Waals surface area contributed by atoms with Crippen LogP contribution in [0.2, 0.25) is 0 Å². The average molecular weight is 327 g/mol. The molecule has 1 amide bonds. The number of carbonyl (C=O) groups is 1. The fraction of sp³-hybridized carbons (Fsp3) is 0.500. The highest BCUT2D eigenvalue weighted by Gasteiger charge is 2.32. The molecule has 0 bridgehead atoms. The normalized spacial score (nSPS) is 21.1. The molecule has 1 aromatic heterocycles. The van der Waals surface area contributed by atoms with E-state index in [1.54, 1.807) is 4.68 Å². The first-order valence-corrected chi connectivity index (χ1v) is 8.52. The van der Waals surface area contributed by atoms with E-state index in [0.717, 1.165) is 36.3 Å². The molecule has 2 aromatic rings. The standard InChI is InChI=1S/C18H25N5O/c1-12-6-7-16(23-11-14(3)20-21-23)15(9-12)18(24)22-8-4-5-13(2)17(22)10-19/h6-7,9,11,13,17H,4-5,8,10,19H2,1-3H3/t13-,17-/m1/s1. The predicted molar refractivity (Wildman–Crippen MR) is 93.1 cm³/mol. The van der Waals surface area contributed by atoms with Gasteiger partial charge in [0.05, 0.1) is 23.1 Å². The molecule has 1 aromatic carbocycles. The Morgan fingerprint density at radius 1 is 1.38 bits per heavy atom. The van der Waals surface area contributed by atoms with Gasteiger partial charge in [-0.05, 0) is 44.7 Å². The lowest BCUT2D eigenvalue weighted by Gasteiger charge is -2.39. The summed E-state index contributed by atoms with van der Waals surface area (Å²) in [5, 5.41) is 8.17. The van der Waals surface area contributed by atoms with Crippen molar-refractivity contribution in [3.8, 4) is 5.69 Å². The number of likely N-dealkylation sites (tertiary alicyclic amines) is 1. The second-order valence-corrected chi connectivity index (χ2v) is 6.75. The van der Waals surface area contributed by atoms with Crippen LogP contribution in [0.15, 0.2) is 24.4 Å². The van der Waals surface area contributed by atoms with Crippen LogP contribution in [-0.4, -0.2) is 44.9 Å². The van der Waals surface area contributed by atoms with Crippen LogP contribution in [0.5, 0.6) is 0 Å². The van der Waals surface area contributed by atoms with Crippen LogP contribution in [0.1, 0.15) is 41.4 Å². The van der Waals surface area contributed by atoms with Gasteiger partial charge in [-0.3, -0.25) is 4.79 Å². The molecule has 0 saturated carbocycles. The van der Waals surface area contributed by atoms with E-state index in [4.69, 9.17) is 5.73 Å². The topological polar surface area (TPSA) is 77.0 Å². The summed E-state index contributed by atoms with van der Waals surface area (Å²) < 4.78 is 1.67. The second kappa shape index (κ2) is 6.73. The van der Waals surface area contributed by atoms with Crippen molar-refractivity contribution >= 4 is 5.91 Å². The number of piperidine rings is 1. The van der Waals surface area contributed by atoms with Gasteiger partial charge in [-0.2, -0.15) is 0 Å². The maximum atomic E-state index is 13.3. The van der Waals surface area contributed by atoms with Gasteiger partial charge in [-0.15, -0.1) is 5.10 Å². The smallest absolute Gasteiger partial charge is 0.256 e. The number of rotatable bonds is 3. The minimum Gasteiger partial charge on any atom is -0.334 e. The Morgan fingerprint density at radius 3 is 2.83 bits per heavy atom. The Morgan fingerprint density at radius 2 is 2.17 bits per heavy atom. The first-order chi connectivity index (χ1) is 11.5. The maximum absolute atomic E-state index is 13.3. The van der Waals surface area contributed by atoms with Gasteiger partial charge in [0.25, 0.3) is 5.91 Å². The summed E-state index contributed by atoms with van der Waals surface area (Å²) in [6, 6.07) is 5.95. The number of aromatic nitrogens is 3. The van der Waals surface area contributed by atoms with Crippen LogP contribution >= 0.6 is 0 Å². The first kappa shape index (κ1) is 16.6. The molecule has 6 heteroatoms. The van der Waals surface area contributed by atoms with Crippen molar-refractivity contribution in [3.63, 3.8) is 0 Å². The molecule has 2 N–H and O–H groups in total. The van der Waals surface area contributed by atoms with Crippen molar-refractivity contribution in [2.75, 3.05) is 13.1 Å². The summed E-state index contributed by atoms with van der Waals surface area (Å²) >= 11 is 0. The molecule has 1 aliphatic heterocycles. The van der Waals surface area contributed by atoms with Crippen LogP contribution < -0.4 is 5.73 Å². The number of hydrogen-bond donors (Lipinski definition) is 1. The van der Waals surface area contributed by atoms with Crippen LogP contribution in [0.25, 0.3) is 5.69 Å². The molecule has 6 nitrogen and oxygen atoms in total. The van der Waals surface area contributed by atoms with Gasteiger partial charge in [-0.25, -0.2) is 4.68 Å². The summed E-state index contributed by atoms with van der Waals surface area (Å²) in [5.41, 5.74) is 9.25. The lowest BCUT2D eigenvalue weighted by molar-refractivity contribution is 0.0532. The van der Waals surface area contributed by atoms with Gasteiger partial charge in [0.1, 0.15) is 0 Å². The molecular weight excluding hydrogens is 302 g/mol. The van der Waals surface area contributed by atoms with E-state index in [2.05, 4.69) is 17.2 Å². The molecule has 1 saturated heterocycles. The van der Waals surface area contributed by atoms with Crippen LogP contribution in [0, 0.1) is 19.8 Å². The molecule has 0 spiro atoms. The van der Waals surface area contributed by atoms with Crippen LogP contribution in [-0.2, 0) is 0 Å². The highest BCUT2D eigenvalue weighted by Crippen LogP contribution is 2.26. The Labute approximate surface area is 142 Å². The van der Waals surface area contributed by atoms with Crippen molar-refractivity contribution in [1.29, 1.82) is 0 Å². The Balaban J connectivity index is 2.01. The fourth-order valence-electron chi connectivity index (χ4n) is 3.50. The van der Waals surface area contributed by atoms with E-state index in [9.17, 15) is 4.79 Å². The highest BCUT2D eigenvalue weighted by atomic mass is 16.2. The summed E-state index contributed by atoms with van der Waals surface area (Å²) in [7, 11) is 0. The molecule has 0 aliphatic carbocycles. The Bertz CT molecular complexity index is 739. The van der Waals surface area contributed by atoms with Crippen molar-refractivity contribution in [2.45, 2.75) is 39.7 Å². The molecule has 128 valence electrons. The van der Waals surface area contributed by atoms with Crippen molar-refractivity contribution < 1.29 is 4.79 Å². The number of benzene rings is 1. The van der Waals surface area contributed by atoms with Gasteiger partial charge in [0.15, 0.2) is 0 Å². The molecule has 0 radical (unpaired) electrons. The maximum Gasteiger partial charge on any atom is 0.256 e. The van der Waals surface area contributed by atoms with Crippen molar-refractivity contribution in [3.05, 3.63) is 41.2 Å². The van der Waals surface area contributed by atoms with Crippen LogP contribution in [0.3, 0.4) is 0 Å². The van der Waals surface area contributed by atoms with Gasteiger partial charge in [0.2, 0.25) is 0 Å². The third-order valence-corrected chi connectivity index (χ3v) is 4.86. The average Bonchev–Trinajstić information content (AvgIpc) is 3.00. The highest BCUT2D eigenvalue weighted by molar-refractivity contribution is 5.98. The van der Waals surface area contributed by atoms with E-state index < -0.39 is 0 Å². The summed E-state index contributed by atoms with van der Waals surface area (Å²) in [4.78, 5) is 15.2. The largest absolute Gasteiger partial charge is 0.334 e. The van der Waals surface area contributed by atoms with Gasteiger partial charge < -0.3 is 10.6 Å². The minimum atomic E-state index is 0.0313. The number of amides is 1.